The highest BCUT2D eigenvalue weighted by atomic mass is 35.6. The van der Waals surface area contributed by atoms with E-state index < -0.39 is 9.04 Å². The fraction of sp³-hybridized carbons (Fsp3) is 0.250. The van der Waals surface area contributed by atoms with Crippen LogP contribution in [0.4, 0.5) is 0 Å². The first-order valence-electron chi connectivity index (χ1n) is 3.68. The summed E-state index contributed by atoms with van der Waals surface area (Å²) in [7, 11) is 0. The van der Waals surface area contributed by atoms with Gasteiger partial charge in [-0.05, 0) is 23.7 Å². The Morgan fingerprint density at radius 1 is 0.933 bits per heavy atom. The van der Waals surface area contributed by atoms with E-state index in [2.05, 4.69) is 4.29 Å². The maximum absolute atomic E-state index is 5.76. The Morgan fingerprint density at radius 3 is 1.87 bits per heavy atom. The molecule has 1 unspecified atom stereocenters. The maximum Gasteiger partial charge on any atom is 0.355 e. The lowest BCUT2D eigenvalue weighted by Crippen LogP contribution is -2.43. The molecule has 0 fully saturated rings. The van der Waals surface area contributed by atoms with Crippen LogP contribution in [0.3, 0.4) is 0 Å². The molecular weight excluding hydrogens is 305 g/mol. The first-order valence-corrected chi connectivity index (χ1v) is 5.50. The molecule has 2 nitrogen and oxygen atoms in total. The second-order valence-corrected chi connectivity index (χ2v) is 5.46. The highest BCUT2D eigenvalue weighted by molar-refractivity contribution is 6.70. The molecule has 0 saturated carbocycles. The Bertz CT molecular complexity index is 313. The van der Waals surface area contributed by atoms with Gasteiger partial charge in [-0.1, -0.05) is 53.0 Å². The minimum absolute atomic E-state index is 0.361. The summed E-state index contributed by atoms with van der Waals surface area (Å²) in [5, 5.41) is -2.08. The van der Waals surface area contributed by atoms with Gasteiger partial charge in [0, 0.05) is 0 Å². The Kier molecular flexibility index (Phi) is 4.65. The molecule has 0 bridgehead atoms. The standard InChI is InChI=1S/C8H5Cl5O2/c9-7(10,11)8(12,15-13)14-6-4-2-1-3-5-6/h1-5H. The van der Waals surface area contributed by atoms with Crippen molar-refractivity contribution in [3.63, 3.8) is 0 Å². The van der Waals surface area contributed by atoms with E-state index >= 15 is 0 Å². The minimum atomic E-state index is -2.08. The summed E-state index contributed by atoms with van der Waals surface area (Å²) in [6.45, 7) is 0. The zero-order valence-electron chi connectivity index (χ0n) is 7.09. The molecule has 7 heteroatoms. The molecule has 0 N–H and O–H groups in total. The quantitative estimate of drug-likeness (QED) is 0.604. The summed E-state index contributed by atoms with van der Waals surface area (Å²) in [5.74, 6) is 0.361. The predicted octanol–water partition coefficient (Wildman–Crippen LogP) is 4.50. The second-order valence-electron chi connectivity index (χ2n) is 2.53. The zero-order chi connectivity index (χ0) is 11.5. The number of alkyl halides is 4. The van der Waals surface area contributed by atoms with E-state index in [1.54, 1.807) is 30.3 Å². The van der Waals surface area contributed by atoms with Crippen LogP contribution < -0.4 is 4.74 Å². The lowest BCUT2D eigenvalue weighted by Gasteiger charge is -2.30. The molecule has 1 aromatic carbocycles. The first kappa shape index (κ1) is 13.5. The molecule has 0 aliphatic heterocycles. The summed E-state index contributed by atoms with van der Waals surface area (Å²) < 4.78 is 7.42. The van der Waals surface area contributed by atoms with E-state index in [1.165, 1.54) is 0 Å². The van der Waals surface area contributed by atoms with Crippen LogP contribution >= 0.6 is 58.3 Å². The van der Waals surface area contributed by atoms with E-state index in [0.717, 1.165) is 0 Å². The molecule has 1 aromatic rings. The molecule has 1 rings (SSSR count). The molecule has 0 radical (unpaired) electrons. The highest BCUT2D eigenvalue weighted by Gasteiger charge is 2.52. The van der Waals surface area contributed by atoms with Gasteiger partial charge in [0.05, 0.1) is 11.9 Å². The Labute approximate surface area is 112 Å². The van der Waals surface area contributed by atoms with Crippen LogP contribution in [0.1, 0.15) is 0 Å². The number of hydrogen-bond donors (Lipinski definition) is 0. The number of para-hydroxylation sites is 1. The van der Waals surface area contributed by atoms with Gasteiger partial charge in [0.15, 0.2) is 0 Å². The summed E-state index contributed by atoms with van der Waals surface area (Å²) in [6, 6.07) is 8.46. The van der Waals surface area contributed by atoms with Crippen molar-refractivity contribution in [3.8, 4) is 5.75 Å². The summed E-state index contributed by atoms with van der Waals surface area (Å²) >= 11 is 27.6. The normalized spacial score (nSPS) is 15.8. The largest absolute Gasteiger partial charge is 0.444 e. The highest BCUT2D eigenvalue weighted by Crippen LogP contribution is 2.45. The molecule has 0 aliphatic carbocycles. The van der Waals surface area contributed by atoms with Crippen molar-refractivity contribution in [1.82, 2.24) is 0 Å². The molecule has 15 heavy (non-hydrogen) atoms. The van der Waals surface area contributed by atoms with Gasteiger partial charge in [-0.3, -0.25) is 0 Å². The average molecular weight is 310 g/mol. The SMILES string of the molecule is ClOC(Cl)(Oc1ccccc1)C(Cl)(Cl)Cl. The van der Waals surface area contributed by atoms with Crippen molar-refractivity contribution in [3.05, 3.63) is 30.3 Å². The molecule has 0 aliphatic rings. The molecule has 1 atom stereocenters. The van der Waals surface area contributed by atoms with Crippen LogP contribution in [0.15, 0.2) is 30.3 Å². The summed E-state index contributed by atoms with van der Waals surface area (Å²) in [5.41, 5.74) is 0. The van der Waals surface area contributed by atoms with Crippen LogP contribution in [0.2, 0.25) is 0 Å². The van der Waals surface area contributed by atoms with Crippen molar-refractivity contribution in [2.45, 2.75) is 9.04 Å². The van der Waals surface area contributed by atoms with Gasteiger partial charge >= 0.3 is 5.25 Å². The van der Waals surface area contributed by atoms with Crippen molar-refractivity contribution in [2.75, 3.05) is 0 Å². The molecule has 0 saturated heterocycles. The zero-order valence-corrected chi connectivity index (χ0v) is 10.9. The molecule has 0 heterocycles. The van der Waals surface area contributed by atoms with Crippen molar-refractivity contribution in [2.24, 2.45) is 0 Å². The van der Waals surface area contributed by atoms with E-state index in [-0.39, 0.29) is 0 Å². The van der Waals surface area contributed by atoms with Crippen molar-refractivity contribution in [1.29, 1.82) is 0 Å². The molecule has 0 aromatic heterocycles. The van der Waals surface area contributed by atoms with E-state index in [4.69, 9.17) is 63.0 Å². The summed E-state index contributed by atoms with van der Waals surface area (Å²) in [4.78, 5) is 0. The third-order valence-corrected chi connectivity index (χ3v) is 3.20. The smallest absolute Gasteiger partial charge is 0.355 e. The summed E-state index contributed by atoms with van der Waals surface area (Å²) in [6.07, 6.45) is 0. The fourth-order valence-corrected chi connectivity index (χ4v) is 1.34. The van der Waals surface area contributed by atoms with Gasteiger partial charge in [0.25, 0.3) is 3.79 Å². The van der Waals surface area contributed by atoms with Gasteiger partial charge in [-0.2, -0.15) is 0 Å². The lowest BCUT2D eigenvalue weighted by atomic mass is 10.3. The number of benzene rings is 1. The monoisotopic (exact) mass is 308 g/mol. The van der Waals surface area contributed by atoms with Crippen LogP contribution in [0.25, 0.3) is 0 Å². The lowest BCUT2D eigenvalue weighted by molar-refractivity contribution is -0.0273. The number of ether oxygens (including phenoxy) is 1. The number of halogens is 5. The Hall–Kier alpha value is 0.430. The average Bonchev–Trinajstić information content (AvgIpc) is 2.17. The fourth-order valence-electron chi connectivity index (χ4n) is 0.757. The van der Waals surface area contributed by atoms with Gasteiger partial charge in [0.2, 0.25) is 0 Å². The second kappa shape index (κ2) is 5.17. The molecule has 0 amide bonds. The van der Waals surface area contributed by atoms with Crippen molar-refractivity contribution >= 4 is 58.3 Å². The van der Waals surface area contributed by atoms with E-state index in [9.17, 15) is 0 Å². The Morgan fingerprint density at radius 2 is 1.47 bits per heavy atom. The van der Waals surface area contributed by atoms with Crippen LogP contribution in [-0.4, -0.2) is 9.04 Å². The van der Waals surface area contributed by atoms with Crippen LogP contribution in [-0.2, 0) is 4.29 Å². The minimum Gasteiger partial charge on any atom is -0.444 e. The van der Waals surface area contributed by atoms with Crippen LogP contribution in [0, 0.1) is 0 Å². The van der Waals surface area contributed by atoms with E-state index in [0.29, 0.717) is 5.75 Å². The third-order valence-electron chi connectivity index (χ3n) is 1.43. The molecular formula is C8H5Cl5O2. The van der Waals surface area contributed by atoms with Gasteiger partial charge in [0.1, 0.15) is 5.75 Å². The molecule has 84 valence electrons. The number of hydrogen-bond acceptors (Lipinski definition) is 2. The Balaban J connectivity index is 2.87. The van der Waals surface area contributed by atoms with Gasteiger partial charge in [-0.15, -0.1) is 0 Å². The van der Waals surface area contributed by atoms with Crippen LogP contribution in [0.5, 0.6) is 5.75 Å². The number of rotatable bonds is 3. The van der Waals surface area contributed by atoms with Crippen molar-refractivity contribution < 1.29 is 9.03 Å². The molecule has 0 spiro atoms. The third kappa shape index (κ3) is 3.45. The van der Waals surface area contributed by atoms with Gasteiger partial charge < -0.3 is 4.74 Å². The van der Waals surface area contributed by atoms with E-state index in [1.807, 2.05) is 0 Å². The maximum atomic E-state index is 5.76. The first-order chi connectivity index (χ1) is 6.89. The predicted molar refractivity (Wildman–Crippen MR) is 62.9 cm³/mol. The van der Waals surface area contributed by atoms with Gasteiger partial charge in [-0.25, -0.2) is 4.29 Å². The topological polar surface area (TPSA) is 18.5 Å².